The van der Waals surface area contributed by atoms with E-state index >= 15 is 0 Å². The maximum Gasteiger partial charge on any atom is 0.192 e. The second-order valence-corrected chi connectivity index (χ2v) is 12.5. The first-order valence-corrected chi connectivity index (χ1v) is 10.4. The highest BCUT2D eigenvalue weighted by atomic mass is 28.4. The van der Waals surface area contributed by atoms with Gasteiger partial charge < -0.3 is 9.53 Å². The summed E-state index contributed by atoms with van der Waals surface area (Å²) >= 11 is 0. The van der Waals surface area contributed by atoms with Crippen LogP contribution < -0.4 is 0 Å². The Morgan fingerprint density at radius 1 is 1.05 bits per heavy atom. The Hall–Kier alpha value is -0.383. The number of rotatable bonds is 8. The van der Waals surface area contributed by atoms with Gasteiger partial charge in [0.25, 0.3) is 0 Å². The minimum atomic E-state index is -1.87. The summed E-state index contributed by atoms with van der Waals surface area (Å²) in [6.45, 7) is 22.9. The topological polar surface area (TPSA) is 29.5 Å². The third-order valence-corrected chi connectivity index (χ3v) is 9.19. The molecule has 0 bridgehead atoms. The average Bonchev–Trinajstić information content (AvgIpc) is 2.26. The Balaban J connectivity index is 5.24. The Kier molecular flexibility index (Phi) is 6.92. The van der Waals surface area contributed by atoms with Gasteiger partial charge in [0.05, 0.1) is 12.2 Å². The van der Waals surface area contributed by atoms with Crippen molar-refractivity contribution in [3.63, 3.8) is 0 Å². The Morgan fingerprint density at radius 2 is 1.50 bits per heavy atom. The molecule has 118 valence electrons. The minimum Gasteiger partial charge on any atom is -0.413 e. The second kappa shape index (κ2) is 7.06. The molecule has 0 aromatic rings. The van der Waals surface area contributed by atoms with Gasteiger partial charge in [-0.2, -0.15) is 0 Å². The molecule has 0 spiro atoms. The zero-order valence-electron chi connectivity index (χ0n) is 14.5. The lowest BCUT2D eigenvalue weighted by molar-refractivity contribution is -0.0373. The van der Waals surface area contributed by atoms with Crippen LogP contribution in [0.3, 0.4) is 0 Å². The molecule has 0 saturated carbocycles. The summed E-state index contributed by atoms with van der Waals surface area (Å²) < 4.78 is 6.55. The fourth-order valence-electron chi connectivity index (χ4n) is 1.86. The van der Waals surface area contributed by atoms with Crippen molar-refractivity contribution in [2.75, 3.05) is 0 Å². The predicted molar refractivity (Wildman–Crippen MR) is 91.5 cm³/mol. The molecule has 0 aliphatic heterocycles. The zero-order valence-corrected chi connectivity index (χ0v) is 15.5. The maximum absolute atomic E-state index is 10.4. The first-order chi connectivity index (χ1) is 8.90. The van der Waals surface area contributed by atoms with Crippen molar-refractivity contribution in [1.82, 2.24) is 0 Å². The van der Waals surface area contributed by atoms with Gasteiger partial charge in [-0.3, -0.25) is 0 Å². The van der Waals surface area contributed by atoms with Crippen LogP contribution in [0.5, 0.6) is 0 Å². The number of aliphatic hydroxyl groups is 1. The summed E-state index contributed by atoms with van der Waals surface area (Å²) in [5, 5.41) is 10.6. The largest absolute Gasteiger partial charge is 0.413 e. The summed E-state index contributed by atoms with van der Waals surface area (Å²) in [5.41, 5.74) is -0.322. The van der Waals surface area contributed by atoms with Gasteiger partial charge in [0.2, 0.25) is 0 Å². The Bertz CT molecular complexity index is 326. The maximum atomic E-state index is 10.4. The van der Waals surface area contributed by atoms with Crippen molar-refractivity contribution < 1.29 is 9.53 Å². The molecule has 0 aromatic heterocycles. The van der Waals surface area contributed by atoms with Gasteiger partial charge >= 0.3 is 0 Å². The van der Waals surface area contributed by atoms with Crippen molar-refractivity contribution in [3.05, 3.63) is 25.3 Å². The molecule has 0 saturated heterocycles. The third-order valence-electron chi connectivity index (χ3n) is 4.70. The molecule has 3 heteroatoms. The van der Waals surface area contributed by atoms with Crippen molar-refractivity contribution >= 4 is 8.32 Å². The van der Waals surface area contributed by atoms with Crippen LogP contribution in [0.2, 0.25) is 18.1 Å². The molecule has 2 nitrogen and oxygen atoms in total. The van der Waals surface area contributed by atoms with E-state index in [0.717, 1.165) is 6.42 Å². The molecule has 0 aliphatic carbocycles. The van der Waals surface area contributed by atoms with E-state index in [1.54, 1.807) is 6.08 Å². The summed E-state index contributed by atoms with van der Waals surface area (Å²) in [7, 11) is -1.87. The fourth-order valence-corrected chi connectivity index (χ4v) is 3.33. The van der Waals surface area contributed by atoms with E-state index in [2.05, 4.69) is 60.9 Å². The van der Waals surface area contributed by atoms with E-state index < -0.39 is 14.4 Å². The van der Waals surface area contributed by atoms with E-state index in [1.165, 1.54) is 0 Å². The first kappa shape index (κ1) is 19.6. The average molecular weight is 299 g/mol. The van der Waals surface area contributed by atoms with Gasteiger partial charge in [-0.1, -0.05) is 46.8 Å². The summed E-state index contributed by atoms with van der Waals surface area (Å²) in [6, 6.07) is 0. The summed E-state index contributed by atoms with van der Waals surface area (Å²) in [4.78, 5) is 0. The number of hydrogen-bond donors (Lipinski definition) is 1. The van der Waals surface area contributed by atoms with E-state index in [4.69, 9.17) is 4.43 Å². The Labute approximate surface area is 127 Å². The summed E-state index contributed by atoms with van der Waals surface area (Å²) in [6.07, 6.45) is 4.53. The lowest BCUT2D eigenvalue weighted by Gasteiger charge is -2.45. The third kappa shape index (κ3) is 4.87. The van der Waals surface area contributed by atoms with Crippen LogP contribution >= 0.6 is 0 Å². The Morgan fingerprint density at radius 3 is 1.85 bits per heavy atom. The van der Waals surface area contributed by atoms with Crippen molar-refractivity contribution in [3.8, 4) is 0 Å². The van der Waals surface area contributed by atoms with Crippen LogP contribution in [0.4, 0.5) is 0 Å². The van der Waals surface area contributed by atoms with Crippen molar-refractivity contribution in [2.45, 2.75) is 77.8 Å². The standard InChI is InChI=1S/C17H34O2Si/c1-10-12-14(18)17(6,7)15(13-11-2)19-20(8,9)16(3,4)5/h10-11,14-15,18H,1-2,12-13H2,3-9H3/t14-,15+/m0/s1. The quantitative estimate of drug-likeness (QED) is 0.509. The van der Waals surface area contributed by atoms with Gasteiger partial charge in [0.15, 0.2) is 8.32 Å². The predicted octanol–water partition coefficient (Wildman–Crippen LogP) is 4.92. The molecule has 0 aliphatic rings. The highest BCUT2D eigenvalue weighted by Gasteiger charge is 2.44. The molecular weight excluding hydrogens is 264 g/mol. The van der Waals surface area contributed by atoms with Crippen LogP contribution in [0, 0.1) is 5.41 Å². The number of aliphatic hydroxyl groups excluding tert-OH is 1. The van der Waals surface area contributed by atoms with E-state index in [-0.39, 0.29) is 16.6 Å². The first-order valence-electron chi connectivity index (χ1n) is 7.47. The van der Waals surface area contributed by atoms with Crippen LogP contribution in [-0.2, 0) is 4.43 Å². The summed E-state index contributed by atoms with van der Waals surface area (Å²) in [5.74, 6) is 0. The minimum absolute atomic E-state index is 0.0177. The smallest absolute Gasteiger partial charge is 0.192 e. The van der Waals surface area contributed by atoms with Gasteiger partial charge in [0, 0.05) is 5.41 Å². The number of hydrogen-bond acceptors (Lipinski definition) is 2. The van der Waals surface area contributed by atoms with Gasteiger partial charge in [-0.15, -0.1) is 13.2 Å². The monoisotopic (exact) mass is 298 g/mol. The lowest BCUT2D eigenvalue weighted by Crippen LogP contribution is -2.50. The van der Waals surface area contributed by atoms with E-state index in [1.807, 2.05) is 6.08 Å². The molecule has 0 amide bonds. The van der Waals surface area contributed by atoms with Gasteiger partial charge in [-0.05, 0) is 31.0 Å². The SMILES string of the molecule is C=CC[C@H](O)C(C)(C)[C@@H](CC=C)O[Si](C)(C)C(C)(C)C. The van der Waals surface area contributed by atoms with E-state index in [9.17, 15) is 5.11 Å². The molecule has 0 rings (SSSR count). The molecule has 0 unspecified atom stereocenters. The normalized spacial score (nSPS) is 16.6. The van der Waals surface area contributed by atoms with Crippen LogP contribution in [0.15, 0.2) is 25.3 Å². The zero-order chi connectivity index (χ0) is 16.2. The van der Waals surface area contributed by atoms with Crippen LogP contribution in [-0.4, -0.2) is 25.6 Å². The molecule has 2 atom stereocenters. The van der Waals surface area contributed by atoms with Crippen molar-refractivity contribution in [2.24, 2.45) is 5.41 Å². The fraction of sp³-hybridized carbons (Fsp3) is 0.765. The molecule has 0 aromatic carbocycles. The molecule has 0 heterocycles. The molecule has 0 fully saturated rings. The van der Waals surface area contributed by atoms with Crippen LogP contribution in [0.1, 0.15) is 47.5 Å². The molecule has 20 heavy (non-hydrogen) atoms. The van der Waals surface area contributed by atoms with Gasteiger partial charge in [-0.25, -0.2) is 0 Å². The highest BCUT2D eigenvalue weighted by Crippen LogP contribution is 2.41. The van der Waals surface area contributed by atoms with E-state index in [0.29, 0.717) is 6.42 Å². The molecular formula is C17H34O2Si. The second-order valence-electron chi connectivity index (χ2n) is 7.75. The molecule has 1 N–H and O–H groups in total. The van der Waals surface area contributed by atoms with Crippen molar-refractivity contribution in [1.29, 1.82) is 0 Å². The lowest BCUT2D eigenvalue weighted by atomic mass is 9.78. The van der Waals surface area contributed by atoms with Crippen LogP contribution in [0.25, 0.3) is 0 Å². The highest BCUT2D eigenvalue weighted by molar-refractivity contribution is 6.74. The van der Waals surface area contributed by atoms with Gasteiger partial charge in [0.1, 0.15) is 0 Å². The molecule has 0 radical (unpaired) electrons.